The van der Waals surface area contributed by atoms with Gasteiger partial charge in [0, 0.05) is 6.07 Å². The monoisotopic (exact) mass is 272 g/mol. The fourth-order valence-electron chi connectivity index (χ4n) is 1.66. The van der Waals surface area contributed by atoms with E-state index in [2.05, 4.69) is 9.97 Å². The lowest BCUT2D eigenvalue weighted by Gasteiger charge is -2.07. The zero-order chi connectivity index (χ0) is 13.8. The van der Waals surface area contributed by atoms with E-state index >= 15 is 0 Å². The Morgan fingerprint density at radius 1 is 1.37 bits per heavy atom. The number of anilines is 1. The van der Waals surface area contributed by atoms with E-state index in [-0.39, 0.29) is 12.6 Å². The van der Waals surface area contributed by atoms with Crippen molar-refractivity contribution in [2.24, 2.45) is 0 Å². The number of pyridine rings is 1. The molecule has 2 rings (SSSR count). The number of imidazole rings is 1. The van der Waals surface area contributed by atoms with Crippen molar-refractivity contribution in [2.75, 3.05) is 26.1 Å². The lowest BCUT2D eigenvalue weighted by Crippen LogP contribution is -2.12. The van der Waals surface area contributed by atoms with Crippen LogP contribution in [0.25, 0.3) is 11.2 Å². The number of rotatable bonds is 6. The molecule has 0 fully saturated rings. The SMILES string of the molecule is COc1ccc2nc(N)n(CCOCC(F)F)c2n1. The fourth-order valence-corrected chi connectivity index (χ4v) is 1.66. The first-order valence-electron chi connectivity index (χ1n) is 5.64. The number of alkyl halides is 2. The number of methoxy groups -OCH3 is 1. The predicted octanol–water partition coefficient (Wildman–Crippen LogP) is 1.30. The first kappa shape index (κ1) is 13.5. The molecular weight excluding hydrogens is 258 g/mol. The smallest absolute Gasteiger partial charge is 0.261 e. The molecule has 0 radical (unpaired) electrons. The van der Waals surface area contributed by atoms with Crippen LogP contribution in [-0.2, 0) is 11.3 Å². The molecule has 0 aliphatic carbocycles. The number of nitrogens with two attached hydrogens (primary N) is 1. The second-order valence-corrected chi connectivity index (χ2v) is 3.78. The molecule has 0 aliphatic rings. The highest BCUT2D eigenvalue weighted by atomic mass is 19.3. The van der Waals surface area contributed by atoms with Crippen LogP contribution in [0.5, 0.6) is 5.88 Å². The van der Waals surface area contributed by atoms with Crippen molar-refractivity contribution in [3.63, 3.8) is 0 Å². The van der Waals surface area contributed by atoms with E-state index in [0.29, 0.717) is 23.6 Å². The second-order valence-electron chi connectivity index (χ2n) is 3.78. The van der Waals surface area contributed by atoms with Gasteiger partial charge in [0.2, 0.25) is 11.8 Å². The summed E-state index contributed by atoms with van der Waals surface area (Å²) in [5.41, 5.74) is 6.91. The summed E-state index contributed by atoms with van der Waals surface area (Å²) in [6, 6.07) is 3.40. The molecule has 0 amide bonds. The van der Waals surface area contributed by atoms with Crippen LogP contribution in [0.15, 0.2) is 12.1 Å². The quantitative estimate of drug-likeness (QED) is 0.802. The Balaban J connectivity index is 2.14. The summed E-state index contributed by atoms with van der Waals surface area (Å²) in [5, 5.41) is 0. The number of fused-ring (bicyclic) bond motifs is 1. The Kier molecular flexibility index (Phi) is 4.10. The molecule has 0 atom stereocenters. The van der Waals surface area contributed by atoms with Crippen molar-refractivity contribution in [1.29, 1.82) is 0 Å². The van der Waals surface area contributed by atoms with E-state index in [1.165, 1.54) is 7.11 Å². The topological polar surface area (TPSA) is 75.2 Å². The van der Waals surface area contributed by atoms with Crippen LogP contribution in [0.4, 0.5) is 14.7 Å². The summed E-state index contributed by atoms with van der Waals surface area (Å²) in [6.07, 6.45) is -2.48. The molecule has 2 N–H and O–H groups in total. The minimum atomic E-state index is -2.48. The Morgan fingerprint density at radius 3 is 2.84 bits per heavy atom. The largest absolute Gasteiger partial charge is 0.481 e. The third-order valence-corrected chi connectivity index (χ3v) is 2.51. The van der Waals surface area contributed by atoms with E-state index in [0.717, 1.165) is 0 Å². The standard InChI is InChI=1S/C11H14F2N4O2/c1-18-9-3-2-7-10(16-9)17(11(14)15-7)4-5-19-6-8(12)13/h2-3,8H,4-6H2,1H3,(H2,14,15). The maximum Gasteiger partial charge on any atom is 0.261 e. The maximum absolute atomic E-state index is 11.9. The van der Waals surface area contributed by atoms with Gasteiger partial charge in [0.05, 0.1) is 20.3 Å². The molecule has 2 aromatic heterocycles. The summed E-state index contributed by atoms with van der Waals surface area (Å²) < 4.78 is 35.3. The molecule has 0 saturated heterocycles. The van der Waals surface area contributed by atoms with Crippen LogP contribution >= 0.6 is 0 Å². The zero-order valence-corrected chi connectivity index (χ0v) is 10.3. The molecule has 0 unspecified atom stereocenters. The molecule has 0 aliphatic heterocycles. The number of halogens is 2. The Morgan fingerprint density at radius 2 is 2.16 bits per heavy atom. The highest BCUT2D eigenvalue weighted by molar-refractivity contribution is 5.74. The maximum atomic E-state index is 11.9. The summed E-state index contributed by atoms with van der Waals surface area (Å²) in [6.45, 7) is -0.183. The van der Waals surface area contributed by atoms with E-state index in [9.17, 15) is 8.78 Å². The molecule has 2 aromatic rings. The lowest BCUT2D eigenvalue weighted by atomic mass is 10.4. The van der Waals surface area contributed by atoms with E-state index < -0.39 is 13.0 Å². The van der Waals surface area contributed by atoms with E-state index in [1.807, 2.05) is 0 Å². The number of nitrogens with zero attached hydrogens (tertiary/aromatic N) is 3. The van der Waals surface area contributed by atoms with Gasteiger partial charge >= 0.3 is 0 Å². The van der Waals surface area contributed by atoms with Crippen LogP contribution in [0.3, 0.4) is 0 Å². The van der Waals surface area contributed by atoms with Gasteiger partial charge in [0.25, 0.3) is 6.43 Å². The van der Waals surface area contributed by atoms with Gasteiger partial charge in [-0.1, -0.05) is 0 Å². The minimum Gasteiger partial charge on any atom is -0.481 e. The highest BCUT2D eigenvalue weighted by Crippen LogP contribution is 2.19. The van der Waals surface area contributed by atoms with Gasteiger partial charge in [0.15, 0.2) is 5.65 Å². The molecule has 2 heterocycles. The van der Waals surface area contributed by atoms with Gasteiger partial charge in [-0.2, -0.15) is 4.98 Å². The number of ether oxygens (including phenoxy) is 2. The van der Waals surface area contributed by atoms with Crippen LogP contribution in [0, 0.1) is 0 Å². The molecule has 0 aromatic carbocycles. The molecule has 0 saturated carbocycles. The summed E-state index contributed by atoms with van der Waals surface area (Å²) >= 11 is 0. The zero-order valence-electron chi connectivity index (χ0n) is 10.3. The van der Waals surface area contributed by atoms with Crippen molar-refractivity contribution >= 4 is 17.1 Å². The summed E-state index contributed by atoms with van der Waals surface area (Å²) in [5.74, 6) is 0.693. The Bertz CT molecular complexity index is 559. The summed E-state index contributed by atoms with van der Waals surface area (Å²) in [7, 11) is 1.50. The Labute approximate surface area is 108 Å². The number of aromatic nitrogens is 3. The van der Waals surface area contributed by atoms with Crippen LogP contribution in [-0.4, -0.2) is 41.3 Å². The van der Waals surface area contributed by atoms with Crippen molar-refractivity contribution < 1.29 is 18.3 Å². The van der Waals surface area contributed by atoms with Crippen LogP contribution < -0.4 is 10.5 Å². The van der Waals surface area contributed by atoms with Gasteiger partial charge in [-0.15, -0.1) is 0 Å². The average molecular weight is 272 g/mol. The molecular formula is C11H14F2N4O2. The third kappa shape index (κ3) is 3.08. The van der Waals surface area contributed by atoms with E-state index in [4.69, 9.17) is 15.2 Å². The molecule has 0 spiro atoms. The first-order chi connectivity index (χ1) is 9.11. The average Bonchev–Trinajstić information content (AvgIpc) is 2.69. The normalized spacial score (nSPS) is 11.4. The van der Waals surface area contributed by atoms with Crippen molar-refractivity contribution in [3.05, 3.63) is 12.1 Å². The van der Waals surface area contributed by atoms with Crippen molar-refractivity contribution in [3.8, 4) is 5.88 Å². The van der Waals surface area contributed by atoms with Crippen LogP contribution in [0.2, 0.25) is 0 Å². The third-order valence-electron chi connectivity index (χ3n) is 2.51. The highest BCUT2D eigenvalue weighted by Gasteiger charge is 2.11. The van der Waals surface area contributed by atoms with Gasteiger partial charge in [-0.25, -0.2) is 13.8 Å². The number of nitrogen functional groups attached to an aromatic ring is 1. The van der Waals surface area contributed by atoms with Crippen LogP contribution in [0.1, 0.15) is 0 Å². The fraction of sp³-hybridized carbons (Fsp3) is 0.455. The summed E-state index contributed by atoms with van der Waals surface area (Å²) in [4.78, 5) is 8.34. The number of hydrogen-bond acceptors (Lipinski definition) is 5. The molecule has 0 bridgehead atoms. The van der Waals surface area contributed by atoms with Crippen molar-refractivity contribution in [1.82, 2.24) is 14.5 Å². The van der Waals surface area contributed by atoms with Gasteiger partial charge in [0.1, 0.15) is 12.1 Å². The minimum absolute atomic E-state index is 0.110. The molecule has 6 nitrogen and oxygen atoms in total. The van der Waals surface area contributed by atoms with Gasteiger partial charge in [-0.3, -0.25) is 4.57 Å². The molecule has 104 valence electrons. The van der Waals surface area contributed by atoms with E-state index in [1.54, 1.807) is 16.7 Å². The predicted molar refractivity (Wildman–Crippen MR) is 65.3 cm³/mol. The van der Waals surface area contributed by atoms with Gasteiger partial charge < -0.3 is 15.2 Å². The van der Waals surface area contributed by atoms with Gasteiger partial charge in [-0.05, 0) is 6.07 Å². The first-order valence-corrected chi connectivity index (χ1v) is 5.64. The number of hydrogen-bond donors (Lipinski definition) is 1. The second kappa shape index (κ2) is 5.79. The van der Waals surface area contributed by atoms with Crippen molar-refractivity contribution in [2.45, 2.75) is 13.0 Å². The lowest BCUT2D eigenvalue weighted by molar-refractivity contribution is 0.0151. The molecule has 8 heteroatoms. The Hall–Kier alpha value is -1.96. The molecule has 19 heavy (non-hydrogen) atoms.